The van der Waals surface area contributed by atoms with Crippen LogP contribution in [0.2, 0.25) is 5.02 Å². The first kappa shape index (κ1) is 17.4. The van der Waals surface area contributed by atoms with Crippen LogP contribution in [0.3, 0.4) is 0 Å². The van der Waals surface area contributed by atoms with Crippen molar-refractivity contribution in [2.45, 2.75) is 0 Å². The number of carbonyl (C=O) groups excluding carboxylic acids is 3. The number of esters is 1. The minimum Gasteiger partial charge on any atom is -0.465 e. The number of ether oxygens (including phenoxy) is 1. The zero-order chi connectivity index (χ0) is 17.7. The molecule has 0 radical (unpaired) electrons. The highest BCUT2D eigenvalue weighted by Gasteiger charge is 2.15. The van der Waals surface area contributed by atoms with Gasteiger partial charge in [0.1, 0.15) is 5.82 Å². The summed E-state index contributed by atoms with van der Waals surface area (Å²) in [6.07, 6.45) is 0. The highest BCUT2D eigenvalue weighted by Crippen LogP contribution is 2.15. The molecule has 0 aromatic heterocycles. The Labute approximate surface area is 141 Å². The molecule has 2 rings (SSSR count). The lowest BCUT2D eigenvalue weighted by atomic mass is 10.2. The van der Waals surface area contributed by atoms with Crippen molar-refractivity contribution in [1.29, 1.82) is 0 Å². The minimum atomic E-state index is -0.925. The Hall–Kier alpha value is -2.93. The number of hydrogen-bond acceptors (Lipinski definition) is 4. The van der Waals surface area contributed by atoms with Crippen LogP contribution in [0, 0.1) is 5.82 Å². The lowest BCUT2D eigenvalue weighted by Crippen LogP contribution is -2.34. The maximum Gasteiger partial charge on any atom is 0.337 e. The average Bonchev–Trinajstić information content (AvgIpc) is 2.53. The van der Waals surface area contributed by atoms with Gasteiger partial charge in [-0.1, -0.05) is 17.7 Å². The number of hydrogen-bond donors (Lipinski definition) is 2. The molecular weight excluding hydrogens is 339 g/mol. The van der Waals surface area contributed by atoms with Gasteiger partial charge in [-0.2, -0.15) is 0 Å². The topological polar surface area (TPSA) is 84.5 Å². The Balaban J connectivity index is 2.05. The number of methoxy groups -OCH3 is 1. The van der Waals surface area contributed by atoms with Crippen molar-refractivity contribution in [1.82, 2.24) is 5.32 Å². The molecule has 2 aromatic rings. The van der Waals surface area contributed by atoms with Crippen molar-refractivity contribution in [3.05, 3.63) is 64.4 Å². The Morgan fingerprint density at radius 1 is 1.12 bits per heavy atom. The van der Waals surface area contributed by atoms with Crippen LogP contribution in [0.1, 0.15) is 20.7 Å². The molecule has 8 heteroatoms. The van der Waals surface area contributed by atoms with Crippen LogP contribution in [0.5, 0.6) is 0 Å². The second-order valence-corrected chi connectivity index (χ2v) is 5.04. The van der Waals surface area contributed by atoms with Crippen LogP contribution in [0.4, 0.5) is 14.9 Å². The van der Waals surface area contributed by atoms with Gasteiger partial charge >= 0.3 is 12.0 Å². The highest BCUT2D eigenvalue weighted by molar-refractivity contribution is 6.30. The monoisotopic (exact) mass is 350 g/mol. The van der Waals surface area contributed by atoms with Crippen LogP contribution in [0.25, 0.3) is 0 Å². The number of halogens is 2. The molecule has 0 aliphatic rings. The second-order valence-electron chi connectivity index (χ2n) is 4.60. The molecule has 0 fully saturated rings. The maximum atomic E-state index is 13.6. The van der Waals surface area contributed by atoms with Gasteiger partial charge in [0.05, 0.1) is 18.2 Å². The molecule has 124 valence electrons. The third-order valence-electron chi connectivity index (χ3n) is 2.94. The van der Waals surface area contributed by atoms with E-state index < -0.39 is 23.7 Å². The van der Waals surface area contributed by atoms with Crippen LogP contribution in [-0.4, -0.2) is 25.0 Å². The SMILES string of the molecule is COC(=O)c1cccc(NC(=O)NC(=O)c2ccc(Cl)cc2F)c1. The maximum absolute atomic E-state index is 13.6. The van der Waals surface area contributed by atoms with Crippen molar-refractivity contribution in [2.75, 3.05) is 12.4 Å². The molecule has 0 aliphatic carbocycles. The molecule has 0 atom stereocenters. The van der Waals surface area contributed by atoms with E-state index in [0.717, 1.165) is 12.1 Å². The van der Waals surface area contributed by atoms with Gasteiger partial charge in [0.2, 0.25) is 0 Å². The van der Waals surface area contributed by atoms with Gasteiger partial charge in [-0.15, -0.1) is 0 Å². The van der Waals surface area contributed by atoms with Gasteiger partial charge in [-0.05, 0) is 36.4 Å². The largest absolute Gasteiger partial charge is 0.465 e. The van der Waals surface area contributed by atoms with Crippen LogP contribution < -0.4 is 10.6 Å². The summed E-state index contributed by atoms with van der Waals surface area (Å²) in [5, 5.41) is 4.48. The summed E-state index contributed by atoms with van der Waals surface area (Å²) >= 11 is 5.60. The zero-order valence-corrected chi connectivity index (χ0v) is 13.2. The van der Waals surface area contributed by atoms with E-state index in [1.807, 2.05) is 5.32 Å². The van der Waals surface area contributed by atoms with Gasteiger partial charge in [0.15, 0.2) is 0 Å². The predicted molar refractivity (Wildman–Crippen MR) is 85.7 cm³/mol. The summed E-state index contributed by atoms with van der Waals surface area (Å²) in [5.74, 6) is -2.34. The first-order valence-electron chi connectivity index (χ1n) is 6.66. The lowest BCUT2D eigenvalue weighted by Gasteiger charge is -2.08. The standard InChI is InChI=1S/C16H12ClFN2O4/c1-24-15(22)9-3-2-4-11(7-9)19-16(23)20-14(21)12-6-5-10(17)8-13(12)18/h2-8H,1H3,(H2,19,20,21,23). The van der Waals surface area contributed by atoms with Gasteiger partial charge in [-0.25, -0.2) is 14.0 Å². The summed E-state index contributed by atoms with van der Waals surface area (Å²) in [5.41, 5.74) is 0.169. The summed E-state index contributed by atoms with van der Waals surface area (Å²) in [6.45, 7) is 0. The Morgan fingerprint density at radius 3 is 2.54 bits per heavy atom. The van der Waals surface area contributed by atoms with Gasteiger partial charge < -0.3 is 10.1 Å². The molecule has 0 heterocycles. The normalized spacial score (nSPS) is 9.96. The van der Waals surface area contributed by atoms with E-state index in [1.54, 1.807) is 0 Å². The van der Waals surface area contributed by atoms with Crippen molar-refractivity contribution >= 4 is 35.2 Å². The van der Waals surface area contributed by atoms with E-state index in [1.165, 1.54) is 37.4 Å². The smallest absolute Gasteiger partial charge is 0.337 e. The van der Waals surface area contributed by atoms with Crippen molar-refractivity contribution in [3.63, 3.8) is 0 Å². The molecule has 0 saturated heterocycles. The van der Waals surface area contributed by atoms with Crippen molar-refractivity contribution in [3.8, 4) is 0 Å². The Bertz CT molecular complexity index is 810. The summed E-state index contributed by atoms with van der Waals surface area (Å²) < 4.78 is 18.2. The third kappa shape index (κ3) is 4.30. The highest BCUT2D eigenvalue weighted by atomic mass is 35.5. The summed E-state index contributed by atoms with van der Waals surface area (Å²) in [6, 6.07) is 8.50. The molecule has 0 bridgehead atoms. The molecule has 3 amide bonds. The fourth-order valence-electron chi connectivity index (χ4n) is 1.85. The van der Waals surface area contributed by atoms with Crippen LogP contribution >= 0.6 is 11.6 Å². The number of benzene rings is 2. The van der Waals surface area contributed by atoms with E-state index in [0.29, 0.717) is 0 Å². The van der Waals surface area contributed by atoms with E-state index >= 15 is 0 Å². The molecule has 2 aromatic carbocycles. The number of nitrogens with one attached hydrogen (secondary N) is 2. The molecule has 0 spiro atoms. The van der Waals surface area contributed by atoms with Crippen molar-refractivity contribution in [2.24, 2.45) is 0 Å². The predicted octanol–water partition coefficient (Wildman–Crippen LogP) is 3.23. The van der Waals surface area contributed by atoms with E-state index in [9.17, 15) is 18.8 Å². The van der Waals surface area contributed by atoms with Gasteiger partial charge in [0, 0.05) is 10.7 Å². The second kappa shape index (κ2) is 7.56. The molecule has 0 saturated carbocycles. The van der Waals surface area contributed by atoms with Crippen LogP contribution in [-0.2, 0) is 4.74 Å². The molecule has 2 N–H and O–H groups in total. The van der Waals surface area contributed by atoms with Crippen LogP contribution in [0.15, 0.2) is 42.5 Å². The fraction of sp³-hybridized carbons (Fsp3) is 0.0625. The molecule has 24 heavy (non-hydrogen) atoms. The lowest BCUT2D eigenvalue weighted by molar-refractivity contribution is 0.0600. The Morgan fingerprint density at radius 2 is 1.88 bits per heavy atom. The van der Waals surface area contributed by atoms with Gasteiger partial charge in [0.25, 0.3) is 5.91 Å². The molecule has 6 nitrogen and oxygen atoms in total. The van der Waals surface area contributed by atoms with E-state index in [4.69, 9.17) is 11.6 Å². The van der Waals surface area contributed by atoms with Gasteiger partial charge in [-0.3, -0.25) is 10.1 Å². The minimum absolute atomic E-state index is 0.133. The fourth-order valence-corrected chi connectivity index (χ4v) is 2.01. The molecular formula is C16H12ClFN2O4. The average molecular weight is 351 g/mol. The molecule has 0 aliphatic heterocycles. The summed E-state index contributed by atoms with van der Waals surface area (Å²) in [4.78, 5) is 35.1. The number of imide groups is 1. The Kier molecular flexibility index (Phi) is 5.49. The number of anilines is 1. The first-order valence-corrected chi connectivity index (χ1v) is 7.04. The zero-order valence-electron chi connectivity index (χ0n) is 12.4. The van der Waals surface area contributed by atoms with Crippen molar-refractivity contribution < 1.29 is 23.5 Å². The number of amides is 3. The number of rotatable bonds is 3. The number of urea groups is 1. The molecule has 0 unspecified atom stereocenters. The van der Waals surface area contributed by atoms with E-state index in [2.05, 4.69) is 10.1 Å². The van der Waals surface area contributed by atoms with E-state index in [-0.39, 0.29) is 21.8 Å². The quantitative estimate of drug-likeness (QED) is 0.832. The third-order valence-corrected chi connectivity index (χ3v) is 3.18. The number of carbonyl (C=O) groups is 3. The summed E-state index contributed by atoms with van der Waals surface area (Å²) in [7, 11) is 1.23. The first-order chi connectivity index (χ1) is 11.4.